The highest BCUT2D eigenvalue weighted by Crippen LogP contribution is 2.28. The molecule has 0 saturated heterocycles. The van der Waals surface area contributed by atoms with E-state index in [0.717, 1.165) is 0 Å². The third-order valence-electron chi connectivity index (χ3n) is 2.35. The average molecular weight is 191 g/mol. The molecule has 0 aromatic carbocycles. The summed E-state index contributed by atoms with van der Waals surface area (Å²) in [6, 6.07) is 0. The normalized spacial score (nSPS) is 16.0. The zero-order chi connectivity index (χ0) is 9.45. The first-order valence-electron chi connectivity index (χ1n) is 5.31. The van der Waals surface area contributed by atoms with Crippen LogP contribution in [-0.2, 0) is 0 Å². The van der Waals surface area contributed by atoms with Gasteiger partial charge in [-0.05, 0) is 19.8 Å². The Hall–Kier alpha value is 0.290. The second kappa shape index (κ2) is 6.77. The summed E-state index contributed by atoms with van der Waals surface area (Å²) in [5.41, 5.74) is 0. The molecule has 1 atom stereocenters. The molecule has 0 amide bonds. The number of halogens is 1. The first kappa shape index (κ1) is 12.3. The van der Waals surface area contributed by atoms with E-state index in [0.29, 0.717) is 0 Å². The molecule has 0 radical (unpaired) electrons. The molecule has 1 unspecified atom stereocenters. The van der Waals surface area contributed by atoms with E-state index >= 15 is 0 Å². The van der Waals surface area contributed by atoms with Crippen LogP contribution in [0.4, 0.5) is 0 Å². The van der Waals surface area contributed by atoms with E-state index in [9.17, 15) is 0 Å². The van der Waals surface area contributed by atoms with Gasteiger partial charge in [-0.3, -0.25) is 0 Å². The largest absolute Gasteiger partial charge is 0.120 e. The van der Waals surface area contributed by atoms with Crippen molar-refractivity contribution in [3.05, 3.63) is 0 Å². The SMILES string of the molecule is CCCCCC(C)(Cl)CCCC. The molecule has 0 N–H and O–H groups in total. The van der Waals surface area contributed by atoms with Crippen LogP contribution in [0.5, 0.6) is 0 Å². The lowest BCUT2D eigenvalue weighted by molar-refractivity contribution is 0.480. The van der Waals surface area contributed by atoms with Gasteiger partial charge in [0.25, 0.3) is 0 Å². The summed E-state index contributed by atoms with van der Waals surface area (Å²) in [5.74, 6) is 0. The number of rotatable bonds is 7. The second-order valence-electron chi connectivity index (χ2n) is 3.97. The molecule has 1 heteroatoms. The molecule has 0 rings (SSSR count). The van der Waals surface area contributed by atoms with Gasteiger partial charge in [-0.2, -0.15) is 0 Å². The van der Waals surface area contributed by atoms with Gasteiger partial charge in [0.1, 0.15) is 0 Å². The highest BCUT2D eigenvalue weighted by atomic mass is 35.5. The molecule has 0 nitrogen and oxygen atoms in total. The average Bonchev–Trinajstić information content (AvgIpc) is 2.01. The molecule has 0 aromatic rings. The molecule has 0 aliphatic heterocycles. The Morgan fingerprint density at radius 2 is 1.42 bits per heavy atom. The lowest BCUT2D eigenvalue weighted by atomic mass is 9.97. The van der Waals surface area contributed by atoms with Crippen molar-refractivity contribution < 1.29 is 0 Å². The van der Waals surface area contributed by atoms with Gasteiger partial charge >= 0.3 is 0 Å². The fourth-order valence-corrected chi connectivity index (χ4v) is 1.68. The molecular formula is C11H23Cl. The summed E-state index contributed by atoms with van der Waals surface area (Å²) < 4.78 is 0. The highest BCUT2D eigenvalue weighted by Gasteiger charge is 2.18. The maximum Gasteiger partial charge on any atom is 0.0418 e. The molecule has 0 saturated carbocycles. The van der Waals surface area contributed by atoms with Gasteiger partial charge in [0.15, 0.2) is 0 Å². The van der Waals surface area contributed by atoms with Crippen LogP contribution in [-0.4, -0.2) is 4.87 Å². The number of hydrogen-bond donors (Lipinski definition) is 0. The van der Waals surface area contributed by atoms with E-state index in [1.165, 1.54) is 44.9 Å². The molecule has 0 spiro atoms. The van der Waals surface area contributed by atoms with Crippen molar-refractivity contribution in [3.63, 3.8) is 0 Å². The van der Waals surface area contributed by atoms with Crippen LogP contribution in [0.15, 0.2) is 0 Å². The maximum absolute atomic E-state index is 6.35. The highest BCUT2D eigenvalue weighted by molar-refractivity contribution is 6.23. The topological polar surface area (TPSA) is 0 Å². The molecule has 0 aromatic heterocycles. The van der Waals surface area contributed by atoms with Gasteiger partial charge in [0.05, 0.1) is 0 Å². The Bertz CT molecular complexity index is 97.2. The van der Waals surface area contributed by atoms with Crippen LogP contribution >= 0.6 is 11.6 Å². The lowest BCUT2D eigenvalue weighted by Crippen LogP contribution is -2.15. The standard InChI is InChI=1S/C11H23Cl/c1-4-6-8-10-11(3,12)9-7-5-2/h4-10H2,1-3H3. The lowest BCUT2D eigenvalue weighted by Gasteiger charge is -2.21. The maximum atomic E-state index is 6.35. The summed E-state index contributed by atoms with van der Waals surface area (Å²) in [4.78, 5) is 0.0746. The van der Waals surface area contributed by atoms with Crippen molar-refractivity contribution >= 4 is 11.6 Å². The predicted molar refractivity (Wildman–Crippen MR) is 57.9 cm³/mol. The third-order valence-corrected chi connectivity index (χ3v) is 2.73. The predicted octanol–water partition coefficient (Wildman–Crippen LogP) is 4.75. The minimum Gasteiger partial charge on any atom is -0.120 e. The number of alkyl halides is 1. The van der Waals surface area contributed by atoms with E-state index in [2.05, 4.69) is 20.8 Å². The summed E-state index contributed by atoms with van der Waals surface area (Å²) in [5, 5.41) is 0. The van der Waals surface area contributed by atoms with E-state index in [1.807, 2.05) is 0 Å². The van der Waals surface area contributed by atoms with E-state index in [-0.39, 0.29) is 4.87 Å². The van der Waals surface area contributed by atoms with Crippen LogP contribution in [0.2, 0.25) is 0 Å². The van der Waals surface area contributed by atoms with Crippen molar-refractivity contribution in [1.82, 2.24) is 0 Å². The molecule has 0 heterocycles. The molecule has 12 heavy (non-hydrogen) atoms. The minimum atomic E-state index is 0.0746. The summed E-state index contributed by atoms with van der Waals surface area (Å²) in [6.45, 7) is 6.64. The van der Waals surface area contributed by atoms with E-state index in [4.69, 9.17) is 11.6 Å². The molecular weight excluding hydrogens is 168 g/mol. The van der Waals surface area contributed by atoms with Crippen LogP contribution in [0.25, 0.3) is 0 Å². The Labute approximate surface area is 82.7 Å². The first-order valence-corrected chi connectivity index (χ1v) is 5.69. The number of hydrogen-bond acceptors (Lipinski definition) is 0. The first-order chi connectivity index (χ1) is 5.62. The van der Waals surface area contributed by atoms with Crippen LogP contribution in [0.1, 0.15) is 65.7 Å². The minimum absolute atomic E-state index is 0.0746. The monoisotopic (exact) mass is 190 g/mol. The van der Waals surface area contributed by atoms with Crippen molar-refractivity contribution in [3.8, 4) is 0 Å². The van der Waals surface area contributed by atoms with Crippen molar-refractivity contribution in [2.24, 2.45) is 0 Å². The number of unbranched alkanes of at least 4 members (excludes halogenated alkanes) is 3. The van der Waals surface area contributed by atoms with Crippen LogP contribution in [0.3, 0.4) is 0 Å². The molecule has 74 valence electrons. The Kier molecular flexibility index (Phi) is 6.93. The summed E-state index contributed by atoms with van der Waals surface area (Å²) >= 11 is 6.35. The smallest absolute Gasteiger partial charge is 0.0418 e. The Morgan fingerprint density at radius 3 is 1.92 bits per heavy atom. The third kappa shape index (κ3) is 6.97. The van der Waals surface area contributed by atoms with Gasteiger partial charge in [0.2, 0.25) is 0 Å². The van der Waals surface area contributed by atoms with Crippen molar-refractivity contribution in [2.75, 3.05) is 0 Å². The summed E-state index contributed by atoms with van der Waals surface area (Å²) in [6.07, 6.45) is 8.80. The second-order valence-corrected chi connectivity index (χ2v) is 4.89. The van der Waals surface area contributed by atoms with Crippen LogP contribution < -0.4 is 0 Å². The zero-order valence-corrected chi connectivity index (χ0v) is 9.58. The van der Waals surface area contributed by atoms with Gasteiger partial charge in [-0.15, -0.1) is 11.6 Å². The quantitative estimate of drug-likeness (QED) is 0.401. The van der Waals surface area contributed by atoms with Crippen molar-refractivity contribution in [2.45, 2.75) is 70.6 Å². The molecule has 0 aliphatic carbocycles. The van der Waals surface area contributed by atoms with E-state index < -0.39 is 0 Å². The zero-order valence-electron chi connectivity index (χ0n) is 8.83. The molecule has 0 fully saturated rings. The Morgan fingerprint density at radius 1 is 0.917 bits per heavy atom. The molecule has 0 aliphatic rings. The van der Waals surface area contributed by atoms with Gasteiger partial charge in [0, 0.05) is 4.87 Å². The van der Waals surface area contributed by atoms with Crippen molar-refractivity contribution in [1.29, 1.82) is 0 Å². The van der Waals surface area contributed by atoms with Crippen LogP contribution in [0, 0.1) is 0 Å². The van der Waals surface area contributed by atoms with Gasteiger partial charge < -0.3 is 0 Å². The fourth-order valence-electron chi connectivity index (χ4n) is 1.41. The van der Waals surface area contributed by atoms with E-state index in [1.54, 1.807) is 0 Å². The Balaban J connectivity index is 3.42. The van der Waals surface area contributed by atoms with Gasteiger partial charge in [-0.1, -0.05) is 46.0 Å². The van der Waals surface area contributed by atoms with Gasteiger partial charge in [-0.25, -0.2) is 0 Å². The molecule has 0 bridgehead atoms. The fraction of sp³-hybridized carbons (Fsp3) is 1.00. The summed E-state index contributed by atoms with van der Waals surface area (Å²) in [7, 11) is 0.